The first kappa shape index (κ1) is 14.2. The van der Waals surface area contributed by atoms with Gasteiger partial charge in [-0.2, -0.15) is 0 Å². The normalized spacial score (nSPS) is 12.3. The molecule has 0 radical (unpaired) electrons. The summed E-state index contributed by atoms with van der Waals surface area (Å²) in [5.74, 6) is -0.860. The third kappa shape index (κ3) is 3.21. The zero-order chi connectivity index (χ0) is 14.5. The summed E-state index contributed by atoms with van der Waals surface area (Å²) in [6, 6.07) is 7.35. The number of rotatable bonds is 6. The maximum Gasteiger partial charge on any atom is 0.374 e. The fourth-order valence-electron chi connectivity index (χ4n) is 1.99. The zero-order valence-electron chi connectivity index (χ0n) is 11.2. The fraction of sp³-hybridized carbons (Fsp3) is 0.357. The van der Waals surface area contributed by atoms with Crippen molar-refractivity contribution in [2.24, 2.45) is 0 Å². The van der Waals surface area contributed by atoms with Crippen LogP contribution in [-0.4, -0.2) is 38.8 Å². The third-order valence-corrected chi connectivity index (χ3v) is 2.97. The predicted octanol–water partition coefficient (Wildman–Crippen LogP) is 1.90. The van der Waals surface area contributed by atoms with Gasteiger partial charge < -0.3 is 15.5 Å². The van der Waals surface area contributed by atoms with Crippen molar-refractivity contribution in [1.82, 2.24) is 9.97 Å². The number of hydrogen-bond donors (Lipinski definition) is 3. The standard InChI is InChI=1S/C14H17N3O3/c1-9(5-4-8-18)15-12-10-6-2-3-7-11(10)16-13(17-12)14(19)20/h2-3,6-7,9,18H,4-5,8H2,1H3,(H,19,20)(H,15,16,17). The van der Waals surface area contributed by atoms with Crippen LogP contribution in [0, 0.1) is 0 Å². The van der Waals surface area contributed by atoms with E-state index in [2.05, 4.69) is 15.3 Å². The Bertz CT molecular complexity index is 616. The molecule has 6 heteroatoms. The number of nitrogens with one attached hydrogen (secondary N) is 1. The molecule has 1 unspecified atom stereocenters. The molecular formula is C14H17N3O3. The maximum absolute atomic E-state index is 11.1. The Kier molecular flexibility index (Phi) is 4.47. The molecule has 0 saturated heterocycles. The molecule has 20 heavy (non-hydrogen) atoms. The van der Waals surface area contributed by atoms with Gasteiger partial charge in [0.2, 0.25) is 5.82 Å². The number of carbonyl (C=O) groups is 1. The summed E-state index contributed by atoms with van der Waals surface area (Å²) in [7, 11) is 0. The second kappa shape index (κ2) is 6.29. The summed E-state index contributed by atoms with van der Waals surface area (Å²) >= 11 is 0. The van der Waals surface area contributed by atoms with E-state index in [1.807, 2.05) is 19.1 Å². The lowest BCUT2D eigenvalue weighted by atomic mass is 10.1. The highest BCUT2D eigenvalue weighted by atomic mass is 16.4. The number of carboxylic acids is 1. The first-order valence-corrected chi connectivity index (χ1v) is 6.49. The third-order valence-electron chi connectivity index (χ3n) is 2.97. The van der Waals surface area contributed by atoms with Crippen molar-refractivity contribution < 1.29 is 15.0 Å². The number of para-hydroxylation sites is 1. The number of carboxylic acid groups (broad SMARTS) is 1. The lowest BCUT2D eigenvalue weighted by molar-refractivity contribution is 0.0684. The Morgan fingerprint density at radius 1 is 1.35 bits per heavy atom. The molecule has 3 N–H and O–H groups in total. The van der Waals surface area contributed by atoms with Crippen molar-refractivity contribution in [2.75, 3.05) is 11.9 Å². The van der Waals surface area contributed by atoms with E-state index in [0.29, 0.717) is 17.8 Å². The number of benzene rings is 1. The van der Waals surface area contributed by atoms with Crippen molar-refractivity contribution in [3.8, 4) is 0 Å². The molecule has 106 valence electrons. The predicted molar refractivity (Wildman–Crippen MR) is 75.9 cm³/mol. The van der Waals surface area contributed by atoms with Crippen LogP contribution in [0.25, 0.3) is 10.9 Å². The van der Waals surface area contributed by atoms with Gasteiger partial charge in [0.1, 0.15) is 5.82 Å². The van der Waals surface area contributed by atoms with E-state index in [4.69, 9.17) is 10.2 Å². The van der Waals surface area contributed by atoms with Crippen LogP contribution in [0.3, 0.4) is 0 Å². The monoisotopic (exact) mass is 275 g/mol. The molecule has 0 aliphatic heterocycles. The van der Waals surface area contributed by atoms with Crippen LogP contribution in [0.5, 0.6) is 0 Å². The summed E-state index contributed by atoms with van der Waals surface area (Å²) in [6.07, 6.45) is 1.46. The van der Waals surface area contributed by atoms with Crippen molar-refractivity contribution >= 4 is 22.7 Å². The van der Waals surface area contributed by atoms with Gasteiger partial charge in [-0.15, -0.1) is 0 Å². The molecule has 6 nitrogen and oxygen atoms in total. The smallest absolute Gasteiger partial charge is 0.374 e. The number of nitrogens with zero attached hydrogens (tertiary/aromatic N) is 2. The highest BCUT2D eigenvalue weighted by molar-refractivity contribution is 5.93. The van der Waals surface area contributed by atoms with Crippen LogP contribution in [0.1, 0.15) is 30.4 Å². The Hall–Kier alpha value is -2.21. The molecule has 1 aromatic heterocycles. The van der Waals surface area contributed by atoms with E-state index < -0.39 is 5.97 Å². The average molecular weight is 275 g/mol. The molecule has 0 spiro atoms. The second-order valence-corrected chi connectivity index (χ2v) is 4.63. The molecule has 1 heterocycles. The largest absolute Gasteiger partial charge is 0.475 e. The molecule has 0 amide bonds. The van der Waals surface area contributed by atoms with Gasteiger partial charge in [0.05, 0.1) is 5.52 Å². The maximum atomic E-state index is 11.1. The fourth-order valence-corrected chi connectivity index (χ4v) is 1.99. The van der Waals surface area contributed by atoms with Gasteiger partial charge in [0.15, 0.2) is 0 Å². The first-order chi connectivity index (χ1) is 9.61. The first-order valence-electron chi connectivity index (χ1n) is 6.49. The van der Waals surface area contributed by atoms with Gasteiger partial charge in [-0.25, -0.2) is 14.8 Å². The van der Waals surface area contributed by atoms with E-state index in [1.54, 1.807) is 12.1 Å². The number of aromatic carboxylic acids is 1. The van der Waals surface area contributed by atoms with Gasteiger partial charge in [0, 0.05) is 18.0 Å². The molecule has 2 aromatic rings. The van der Waals surface area contributed by atoms with Gasteiger partial charge in [-0.1, -0.05) is 12.1 Å². The molecular weight excluding hydrogens is 258 g/mol. The summed E-state index contributed by atoms with van der Waals surface area (Å²) in [5, 5.41) is 21.9. The number of fused-ring (bicyclic) bond motifs is 1. The van der Waals surface area contributed by atoms with Gasteiger partial charge >= 0.3 is 5.97 Å². The minimum atomic E-state index is -1.15. The second-order valence-electron chi connectivity index (χ2n) is 4.63. The SMILES string of the molecule is CC(CCCO)Nc1nc(C(=O)O)nc2ccccc12. The van der Waals surface area contributed by atoms with Crippen molar-refractivity contribution in [1.29, 1.82) is 0 Å². The molecule has 0 fully saturated rings. The van der Waals surface area contributed by atoms with Crippen LogP contribution >= 0.6 is 0 Å². The van der Waals surface area contributed by atoms with E-state index in [1.165, 1.54) is 0 Å². The molecule has 2 rings (SSSR count). The van der Waals surface area contributed by atoms with Crippen LogP contribution in [0.15, 0.2) is 24.3 Å². The highest BCUT2D eigenvalue weighted by Crippen LogP contribution is 2.21. The van der Waals surface area contributed by atoms with Crippen molar-refractivity contribution in [3.05, 3.63) is 30.1 Å². The number of hydrogen-bond acceptors (Lipinski definition) is 5. The summed E-state index contributed by atoms with van der Waals surface area (Å²) in [5.41, 5.74) is 0.594. The molecule has 0 bridgehead atoms. The summed E-state index contributed by atoms with van der Waals surface area (Å²) in [6.45, 7) is 2.10. The van der Waals surface area contributed by atoms with E-state index in [0.717, 1.165) is 11.8 Å². The van der Waals surface area contributed by atoms with Gasteiger partial charge in [-0.3, -0.25) is 0 Å². The minimum Gasteiger partial charge on any atom is -0.475 e. The Labute approximate surface area is 116 Å². The number of aliphatic hydroxyl groups excluding tert-OH is 1. The summed E-state index contributed by atoms with van der Waals surface area (Å²) < 4.78 is 0. The zero-order valence-corrected chi connectivity index (χ0v) is 11.2. The van der Waals surface area contributed by atoms with Crippen LogP contribution < -0.4 is 5.32 Å². The number of aliphatic hydroxyl groups is 1. The molecule has 1 atom stereocenters. The van der Waals surface area contributed by atoms with Crippen LogP contribution in [-0.2, 0) is 0 Å². The van der Waals surface area contributed by atoms with Gasteiger partial charge in [0.25, 0.3) is 0 Å². The molecule has 1 aromatic carbocycles. The van der Waals surface area contributed by atoms with Crippen LogP contribution in [0.4, 0.5) is 5.82 Å². The van der Waals surface area contributed by atoms with Crippen molar-refractivity contribution in [3.63, 3.8) is 0 Å². The average Bonchev–Trinajstić information content (AvgIpc) is 2.44. The Morgan fingerprint density at radius 3 is 2.80 bits per heavy atom. The highest BCUT2D eigenvalue weighted by Gasteiger charge is 2.13. The Morgan fingerprint density at radius 2 is 2.10 bits per heavy atom. The lowest BCUT2D eigenvalue weighted by Crippen LogP contribution is -2.18. The summed E-state index contributed by atoms with van der Waals surface area (Å²) in [4.78, 5) is 19.1. The minimum absolute atomic E-state index is 0.0853. The molecule has 0 aliphatic carbocycles. The van der Waals surface area contributed by atoms with E-state index in [9.17, 15) is 4.79 Å². The van der Waals surface area contributed by atoms with Crippen LogP contribution in [0.2, 0.25) is 0 Å². The Balaban J connectivity index is 2.37. The van der Waals surface area contributed by atoms with E-state index >= 15 is 0 Å². The van der Waals surface area contributed by atoms with E-state index in [-0.39, 0.29) is 18.5 Å². The quantitative estimate of drug-likeness (QED) is 0.745. The number of anilines is 1. The van der Waals surface area contributed by atoms with Gasteiger partial charge in [-0.05, 0) is 31.9 Å². The lowest BCUT2D eigenvalue weighted by Gasteiger charge is -2.15. The topological polar surface area (TPSA) is 95.3 Å². The molecule has 0 aliphatic rings. The number of aromatic nitrogens is 2. The molecule has 0 saturated carbocycles. The van der Waals surface area contributed by atoms with Crippen molar-refractivity contribution in [2.45, 2.75) is 25.8 Å².